The van der Waals surface area contributed by atoms with Gasteiger partial charge in [0.25, 0.3) is 5.91 Å². The molecule has 164 valence electrons. The zero-order chi connectivity index (χ0) is 22.3. The summed E-state index contributed by atoms with van der Waals surface area (Å²) in [6.45, 7) is 6.97. The Kier molecular flexibility index (Phi) is 5.98. The van der Waals surface area contributed by atoms with Crippen LogP contribution in [0, 0.1) is 18.8 Å². The maximum absolute atomic E-state index is 13.3. The molecule has 8 heteroatoms. The number of benzene rings is 2. The lowest BCUT2D eigenvalue weighted by molar-refractivity contribution is 0.0998. The fourth-order valence-corrected chi connectivity index (χ4v) is 6.36. The molecule has 0 radical (unpaired) electrons. The average Bonchev–Trinajstić information content (AvgIpc) is 3.05. The predicted octanol–water partition coefficient (Wildman–Crippen LogP) is 5.42. The molecule has 1 N–H and O–H groups in total. The third-order valence-corrected chi connectivity index (χ3v) is 8.23. The van der Waals surface area contributed by atoms with E-state index in [1.165, 1.54) is 0 Å². The number of para-hydroxylation sites is 1. The molecule has 0 bridgehead atoms. The van der Waals surface area contributed by atoms with Gasteiger partial charge in [-0.3, -0.25) is 4.79 Å². The number of anilines is 1. The highest BCUT2D eigenvalue weighted by molar-refractivity contribution is 9.10. The van der Waals surface area contributed by atoms with E-state index >= 15 is 0 Å². The number of hydrogen-bond donors (Lipinski definition) is 1. The molecular weight excluding hydrogens is 480 g/mol. The van der Waals surface area contributed by atoms with Crippen molar-refractivity contribution < 1.29 is 17.6 Å². The molecule has 6 nitrogen and oxygen atoms in total. The number of amides is 1. The third-order valence-electron chi connectivity index (χ3n) is 5.71. The highest BCUT2D eigenvalue weighted by Crippen LogP contribution is 2.32. The van der Waals surface area contributed by atoms with Crippen molar-refractivity contribution in [1.82, 2.24) is 4.31 Å². The number of hydrogen-bond acceptors (Lipinski definition) is 4. The fourth-order valence-electron chi connectivity index (χ4n) is 4.27. The van der Waals surface area contributed by atoms with Crippen LogP contribution in [0.1, 0.15) is 36.4 Å². The second kappa shape index (κ2) is 8.41. The Balaban J connectivity index is 1.67. The first-order valence-corrected chi connectivity index (χ1v) is 12.5. The second-order valence-corrected chi connectivity index (χ2v) is 11.2. The minimum Gasteiger partial charge on any atom is -0.451 e. The molecular formula is C23H25BrN2O4S. The van der Waals surface area contributed by atoms with Gasteiger partial charge in [-0.2, -0.15) is 4.31 Å². The van der Waals surface area contributed by atoms with Gasteiger partial charge in [-0.25, -0.2) is 8.42 Å². The van der Waals surface area contributed by atoms with Gasteiger partial charge in [-0.05, 0) is 71.4 Å². The number of sulfonamides is 1. The molecule has 1 aliphatic heterocycles. The Morgan fingerprint density at radius 3 is 2.48 bits per heavy atom. The number of furan rings is 1. The van der Waals surface area contributed by atoms with Gasteiger partial charge in [0.15, 0.2) is 5.76 Å². The van der Waals surface area contributed by atoms with Gasteiger partial charge in [0.2, 0.25) is 10.0 Å². The lowest BCUT2D eigenvalue weighted by Gasteiger charge is -2.34. The zero-order valence-corrected chi connectivity index (χ0v) is 20.1. The number of fused-ring (bicyclic) bond motifs is 1. The number of nitrogens with one attached hydrogen (secondary N) is 1. The minimum absolute atomic E-state index is 0.167. The van der Waals surface area contributed by atoms with E-state index in [1.54, 1.807) is 35.5 Å². The van der Waals surface area contributed by atoms with E-state index in [0.29, 0.717) is 47.1 Å². The normalized spacial score (nSPS) is 20.1. The number of carbonyl (C=O) groups is 1. The van der Waals surface area contributed by atoms with Crippen LogP contribution in [0.15, 0.2) is 56.2 Å². The van der Waals surface area contributed by atoms with Gasteiger partial charge in [0.1, 0.15) is 5.58 Å². The molecule has 31 heavy (non-hydrogen) atoms. The maximum atomic E-state index is 13.3. The van der Waals surface area contributed by atoms with E-state index in [1.807, 2.05) is 18.2 Å². The molecule has 1 saturated heterocycles. The summed E-state index contributed by atoms with van der Waals surface area (Å²) < 4.78 is 34.6. The molecule has 1 aliphatic rings. The molecule has 1 aromatic heterocycles. The minimum atomic E-state index is -3.62. The first-order chi connectivity index (χ1) is 14.7. The molecule has 0 spiro atoms. The number of nitrogens with zero attached hydrogens (tertiary/aromatic N) is 1. The Morgan fingerprint density at radius 1 is 1.13 bits per heavy atom. The van der Waals surface area contributed by atoms with Gasteiger partial charge in [-0.15, -0.1) is 0 Å². The van der Waals surface area contributed by atoms with Crippen molar-refractivity contribution in [3.63, 3.8) is 0 Å². The number of piperidine rings is 1. The summed E-state index contributed by atoms with van der Waals surface area (Å²) in [7, 11) is -3.62. The van der Waals surface area contributed by atoms with Crippen molar-refractivity contribution in [3.05, 3.63) is 58.3 Å². The lowest BCUT2D eigenvalue weighted by Crippen LogP contribution is -2.42. The number of aryl methyl sites for hydroxylation is 1. The molecule has 2 aromatic carbocycles. The molecule has 2 atom stereocenters. The zero-order valence-electron chi connectivity index (χ0n) is 17.7. The number of carbonyl (C=O) groups excluding carboxylic acids is 1. The number of halogens is 1. The molecule has 0 saturated carbocycles. The Bertz CT molecular complexity index is 1240. The van der Waals surface area contributed by atoms with Crippen molar-refractivity contribution in [1.29, 1.82) is 0 Å². The van der Waals surface area contributed by atoms with Gasteiger partial charge < -0.3 is 9.73 Å². The van der Waals surface area contributed by atoms with E-state index in [2.05, 4.69) is 35.1 Å². The summed E-state index contributed by atoms with van der Waals surface area (Å²) in [5.74, 6) is 0.431. The van der Waals surface area contributed by atoms with Crippen molar-refractivity contribution in [3.8, 4) is 0 Å². The van der Waals surface area contributed by atoms with E-state index in [0.717, 1.165) is 10.9 Å². The van der Waals surface area contributed by atoms with Gasteiger partial charge in [0.05, 0.1) is 10.6 Å². The van der Waals surface area contributed by atoms with Crippen LogP contribution >= 0.6 is 15.9 Å². The van der Waals surface area contributed by atoms with Crippen LogP contribution in [0.4, 0.5) is 5.69 Å². The Labute approximate surface area is 190 Å². The lowest BCUT2D eigenvalue weighted by atomic mass is 9.94. The largest absolute Gasteiger partial charge is 0.451 e. The average molecular weight is 505 g/mol. The maximum Gasteiger partial charge on any atom is 0.291 e. The van der Waals surface area contributed by atoms with Crippen LogP contribution in [-0.2, 0) is 10.0 Å². The monoisotopic (exact) mass is 504 g/mol. The summed E-state index contributed by atoms with van der Waals surface area (Å²) in [5, 5.41) is 3.45. The van der Waals surface area contributed by atoms with Crippen molar-refractivity contribution in [2.45, 2.75) is 32.1 Å². The summed E-state index contributed by atoms with van der Waals surface area (Å²) >= 11 is 3.41. The molecule has 2 heterocycles. The highest BCUT2D eigenvalue weighted by Gasteiger charge is 2.32. The standard InChI is InChI=1S/C23H25BrN2O4S/c1-14-10-15(2)13-26(12-14)31(28,29)17-8-9-21-18(11-17)16(3)22(30-21)23(27)25-20-7-5-4-6-19(20)24/h4-9,11,14-15H,10,12-13H2,1-3H3,(H,25,27)/t14-,15-/m1/s1. The van der Waals surface area contributed by atoms with Crippen LogP contribution < -0.4 is 5.32 Å². The molecule has 0 aliphatic carbocycles. The molecule has 4 rings (SSSR count). The number of rotatable bonds is 4. The first kappa shape index (κ1) is 22.0. The summed E-state index contributed by atoms with van der Waals surface area (Å²) in [6.07, 6.45) is 1.03. The van der Waals surface area contributed by atoms with Crippen LogP contribution in [0.2, 0.25) is 0 Å². The van der Waals surface area contributed by atoms with Crippen LogP contribution in [-0.4, -0.2) is 31.7 Å². The van der Waals surface area contributed by atoms with Gasteiger partial charge >= 0.3 is 0 Å². The molecule has 3 aromatic rings. The van der Waals surface area contributed by atoms with Crippen molar-refractivity contribution in [2.75, 3.05) is 18.4 Å². The highest BCUT2D eigenvalue weighted by atomic mass is 79.9. The quantitative estimate of drug-likeness (QED) is 0.514. The van der Waals surface area contributed by atoms with Gasteiger partial charge in [0, 0.05) is 28.5 Å². The van der Waals surface area contributed by atoms with Crippen molar-refractivity contribution >= 4 is 48.5 Å². The van der Waals surface area contributed by atoms with Crippen LogP contribution in [0.3, 0.4) is 0 Å². The van der Waals surface area contributed by atoms with Crippen LogP contribution in [0.25, 0.3) is 11.0 Å². The van der Waals surface area contributed by atoms with Crippen LogP contribution in [0.5, 0.6) is 0 Å². The molecule has 1 amide bonds. The van der Waals surface area contributed by atoms with Crippen molar-refractivity contribution in [2.24, 2.45) is 11.8 Å². The third kappa shape index (κ3) is 4.29. The second-order valence-electron chi connectivity index (χ2n) is 8.42. The SMILES string of the molecule is Cc1c(C(=O)Nc2ccccc2Br)oc2ccc(S(=O)(=O)N3C[C@H](C)C[C@@H](C)C3)cc12. The fraction of sp³-hybridized carbons (Fsp3) is 0.348. The van der Waals surface area contributed by atoms with E-state index in [-0.39, 0.29) is 16.6 Å². The summed E-state index contributed by atoms with van der Waals surface area (Å²) in [5.41, 5.74) is 1.72. The van der Waals surface area contributed by atoms with E-state index in [9.17, 15) is 13.2 Å². The Morgan fingerprint density at radius 2 is 1.81 bits per heavy atom. The predicted molar refractivity (Wildman–Crippen MR) is 125 cm³/mol. The molecule has 0 unspecified atom stereocenters. The molecule has 1 fully saturated rings. The van der Waals surface area contributed by atoms with E-state index in [4.69, 9.17) is 4.42 Å². The topological polar surface area (TPSA) is 79.6 Å². The first-order valence-electron chi connectivity index (χ1n) is 10.3. The smallest absolute Gasteiger partial charge is 0.291 e. The summed E-state index contributed by atoms with van der Waals surface area (Å²) in [6, 6.07) is 12.1. The van der Waals surface area contributed by atoms with E-state index < -0.39 is 10.0 Å². The summed E-state index contributed by atoms with van der Waals surface area (Å²) in [4.78, 5) is 13.0. The Hall–Kier alpha value is -2.16. The van der Waals surface area contributed by atoms with Gasteiger partial charge in [-0.1, -0.05) is 26.0 Å².